The molecule has 0 aromatic carbocycles. The lowest BCUT2D eigenvalue weighted by Crippen LogP contribution is -2.62. The molecule has 3 atom stereocenters. The molecule has 0 spiro atoms. The minimum absolute atomic E-state index is 0.283. The van der Waals surface area contributed by atoms with E-state index in [1.165, 1.54) is 64.2 Å². The number of rotatable bonds is 24. The van der Waals surface area contributed by atoms with E-state index in [2.05, 4.69) is 39.1 Å². The third kappa shape index (κ3) is 12.8. The summed E-state index contributed by atoms with van der Waals surface area (Å²) in [7, 11) is 0. The highest BCUT2D eigenvalue weighted by Gasteiger charge is 2.52. The van der Waals surface area contributed by atoms with Crippen LogP contribution in [0, 0.1) is 5.92 Å². The Morgan fingerprint density at radius 2 is 1.03 bits per heavy atom. The first kappa shape index (κ1) is 34.0. The van der Waals surface area contributed by atoms with E-state index in [-0.39, 0.29) is 5.92 Å². The average Bonchev–Trinajstić information content (AvgIpc) is 2.81. The number of aliphatic hydroxyl groups is 1. The summed E-state index contributed by atoms with van der Waals surface area (Å²) in [5.74, 6) is -0.283. The zero-order chi connectivity index (χ0) is 25.8. The molecule has 1 N–H and O–H groups in total. The molecule has 0 saturated heterocycles. The van der Waals surface area contributed by atoms with Gasteiger partial charge >= 0.3 is 0 Å². The van der Waals surface area contributed by atoms with Crippen molar-refractivity contribution in [2.24, 2.45) is 5.92 Å². The summed E-state index contributed by atoms with van der Waals surface area (Å²) in [6.45, 7) is 9.41. The van der Waals surface area contributed by atoms with E-state index in [9.17, 15) is 14.7 Å². The summed E-state index contributed by atoms with van der Waals surface area (Å²) >= 11 is 8.20. The molecule has 0 aliphatic carbocycles. The first-order valence-corrected chi connectivity index (χ1v) is 15.1. The third-order valence-electron chi connectivity index (χ3n) is 7.36. The van der Waals surface area contributed by atoms with Crippen molar-refractivity contribution in [1.29, 1.82) is 0 Å². The summed E-state index contributed by atoms with van der Waals surface area (Å²) in [6, 6.07) is -0.959. The molecule has 0 aliphatic heterocycles. The number of hydrogen-bond donors (Lipinski definition) is 3. The van der Waals surface area contributed by atoms with Crippen molar-refractivity contribution in [3.63, 3.8) is 0 Å². The van der Waals surface area contributed by atoms with Gasteiger partial charge in [0.05, 0.1) is 0 Å². The maximum absolute atomic E-state index is 12.7. The van der Waals surface area contributed by atoms with Gasteiger partial charge in [-0.05, 0) is 31.8 Å². The molecule has 0 aliphatic rings. The SMILES string of the molecule is CCCCCCCCCCCCCCC(CCCCC)C(O)(C(=O)S)C(C(=O)S)N(CC)CC. The highest BCUT2D eigenvalue weighted by atomic mass is 32.1. The predicted octanol–water partition coefficient (Wildman–Crippen LogP) is 7.63. The van der Waals surface area contributed by atoms with Crippen LogP contribution in [0.5, 0.6) is 0 Å². The molecule has 0 aromatic rings. The Bertz CT molecular complexity index is 528. The molecule has 0 saturated carbocycles. The number of likely N-dealkylation sites (N-methyl/N-ethyl adjacent to an activating group) is 1. The number of hydrogen-bond acceptors (Lipinski definition) is 4. The van der Waals surface area contributed by atoms with Gasteiger partial charge in [0.25, 0.3) is 0 Å². The molecule has 4 nitrogen and oxygen atoms in total. The zero-order valence-corrected chi connectivity index (χ0v) is 24.5. The number of carbonyl (C=O) groups is 2. The second-order valence-corrected chi connectivity index (χ2v) is 10.8. The van der Waals surface area contributed by atoms with Crippen molar-refractivity contribution < 1.29 is 14.7 Å². The van der Waals surface area contributed by atoms with Crippen molar-refractivity contribution in [3.8, 4) is 0 Å². The summed E-state index contributed by atoms with van der Waals surface area (Å²) in [5, 5.41) is 10.7. The molecule has 0 fully saturated rings. The third-order valence-corrected chi connectivity index (χ3v) is 7.96. The largest absolute Gasteiger partial charge is 0.379 e. The van der Waals surface area contributed by atoms with Crippen LogP contribution in [-0.4, -0.2) is 45.0 Å². The monoisotopic (exact) mass is 517 g/mol. The quantitative estimate of drug-likeness (QED) is 0.0910. The van der Waals surface area contributed by atoms with E-state index >= 15 is 0 Å². The topological polar surface area (TPSA) is 57.6 Å². The molecular weight excluding hydrogens is 462 g/mol. The Labute approximate surface area is 222 Å². The second kappa shape index (κ2) is 21.1. The first-order chi connectivity index (χ1) is 16.3. The van der Waals surface area contributed by atoms with Gasteiger partial charge < -0.3 is 5.11 Å². The van der Waals surface area contributed by atoms with Crippen LogP contribution in [-0.2, 0) is 9.59 Å². The van der Waals surface area contributed by atoms with Gasteiger partial charge in [-0.15, -0.1) is 25.3 Å². The molecular formula is C28H55NO3S2. The van der Waals surface area contributed by atoms with Gasteiger partial charge in [0.2, 0.25) is 10.2 Å². The lowest BCUT2D eigenvalue weighted by molar-refractivity contribution is -0.151. The fraction of sp³-hybridized carbons (Fsp3) is 0.929. The van der Waals surface area contributed by atoms with Crippen LogP contribution in [0.15, 0.2) is 0 Å². The van der Waals surface area contributed by atoms with Crippen molar-refractivity contribution in [3.05, 3.63) is 0 Å². The smallest absolute Gasteiger partial charge is 0.219 e. The molecule has 0 radical (unpaired) electrons. The van der Waals surface area contributed by atoms with E-state index in [0.717, 1.165) is 44.9 Å². The summed E-state index contributed by atoms with van der Waals surface area (Å²) in [5.41, 5.74) is -1.81. The first-order valence-electron chi connectivity index (χ1n) is 14.2. The van der Waals surface area contributed by atoms with Crippen LogP contribution >= 0.6 is 25.3 Å². The highest BCUT2D eigenvalue weighted by molar-refractivity contribution is 7.97. The second-order valence-electron chi connectivity index (χ2n) is 9.96. The van der Waals surface area contributed by atoms with E-state index in [1.54, 1.807) is 0 Å². The summed E-state index contributed by atoms with van der Waals surface area (Å²) in [4.78, 5) is 27.1. The Hall–Kier alpha value is -0.0400. The number of carbonyl (C=O) groups excluding carboxylic acids is 2. The molecule has 0 rings (SSSR count). The standard InChI is InChI=1S/C28H55NO3S2/c1-5-9-11-12-13-14-15-16-17-18-19-21-23-24(22-20-10-6-2)28(32,27(31)34)25(26(30)33)29(7-3)8-4/h24-25,32H,5-23H2,1-4H3,(H,30,33)(H,31,34). The lowest BCUT2D eigenvalue weighted by Gasteiger charge is -2.43. The van der Waals surface area contributed by atoms with Crippen molar-refractivity contribution in [1.82, 2.24) is 4.90 Å². The fourth-order valence-corrected chi connectivity index (χ4v) is 5.85. The Balaban J connectivity index is 4.87. The maximum atomic E-state index is 12.7. The molecule has 34 heavy (non-hydrogen) atoms. The van der Waals surface area contributed by atoms with Gasteiger partial charge in [0.1, 0.15) is 6.04 Å². The average molecular weight is 518 g/mol. The molecule has 0 heterocycles. The molecule has 0 aromatic heterocycles. The van der Waals surface area contributed by atoms with E-state index in [4.69, 9.17) is 0 Å². The maximum Gasteiger partial charge on any atom is 0.219 e. The predicted molar refractivity (Wildman–Crippen MR) is 153 cm³/mol. The molecule has 3 unspecified atom stereocenters. The van der Waals surface area contributed by atoms with E-state index < -0.39 is 21.9 Å². The van der Waals surface area contributed by atoms with Gasteiger partial charge in [-0.25, -0.2) is 0 Å². The van der Waals surface area contributed by atoms with Crippen LogP contribution in [0.1, 0.15) is 137 Å². The number of unbranched alkanes of at least 4 members (excludes halogenated alkanes) is 13. The minimum atomic E-state index is -1.81. The van der Waals surface area contributed by atoms with Gasteiger partial charge in [0.15, 0.2) is 5.60 Å². The van der Waals surface area contributed by atoms with Crippen molar-refractivity contribution >= 4 is 35.5 Å². The Morgan fingerprint density at radius 3 is 1.38 bits per heavy atom. The van der Waals surface area contributed by atoms with E-state index in [1.807, 2.05) is 18.7 Å². The number of thiol groups is 2. The van der Waals surface area contributed by atoms with Gasteiger partial charge in [-0.3, -0.25) is 14.5 Å². The molecule has 0 amide bonds. The molecule has 202 valence electrons. The zero-order valence-electron chi connectivity index (χ0n) is 22.7. The Morgan fingerprint density at radius 1 is 0.676 bits per heavy atom. The Kier molecular flexibility index (Phi) is 21.1. The van der Waals surface area contributed by atoms with Crippen molar-refractivity contribution in [2.75, 3.05) is 13.1 Å². The minimum Gasteiger partial charge on any atom is -0.379 e. The van der Waals surface area contributed by atoms with Crippen LogP contribution in [0.25, 0.3) is 0 Å². The van der Waals surface area contributed by atoms with Crippen LogP contribution in [0.3, 0.4) is 0 Å². The van der Waals surface area contributed by atoms with Crippen LogP contribution in [0.2, 0.25) is 0 Å². The summed E-state index contributed by atoms with van der Waals surface area (Å²) in [6.07, 6.45) is 19.8. The summed E-state index contributed by atoms with van der Waals surface area (Å²) < 4.78 is 0. The van der Waals surface area contributed by atoms with Crippen LogP contribution in [0.4, 0.5) is 0 Å². The van der Waals surface area contributed by atoms with Gasteiger partial charge in [-0.2, -0.15) is 0 Å². The van der Waals surface area contributed by atoms with Gasteiger partial charge in [0, 0.05) is 0 Å². The molecule has 6 heteroatoms. The van der Waals surface area contributed by atoms with Gasteiger partial charge in [-0.1, -0.05) is 124 Å². The van der Waals surface area contributed by atoms with E-state index in [0.29, 0.717) is 13.1 Å². The van der Waals surface area contributed by atoms with Crippen LogP contribution < -0.4 is 0 Å². The normalized spacial score (nSPS) is 15.3. The molecule has 0 bridgehead atoms. The number of nitrogens with zero attached hydrogens (tertiary/aromatic N) is 1. The fourth-order valence-electron chi connectivity index (χ4n) is 5.18. The highest BCUT2D eigenvalue weighted by Crippen LogP contribution is 2.36. The van der Waals surface area contributed by atoms with Crippen molar-refractivity contribution in [2.45, 2.75) is 148 Å². The lowest BCUT2D eigenvalue weighted by atomic mass is 9.75.